The van der Waals surface area contributed by atoms with Crippen molar-refractivity contribution in [3.63, 3.8) is 0 Å². The SMILES string of the molecule is CC1(C)c2ccccc2-c2ccc(N(c3ccc(-c4ccccc4)cc3)c3ccc4c(c3)C(C)(C)c3c(-c5ccccc5)oc(-c5ccccc5)c3-4)cc21. The molecule has 2 aliphatic rings. The van der Waals surface area contributed by atoms with E-state index in [1.165, 1.54) is 55.6 Å². The number of hydrogen-bond donors (Lipinski definition) is 0. The third-order valence-corrected chi connectivity index (χ3v) is 11.9. The maximum atomic E-state index is 6.89. The van der Waals surface area contributed by atoms with Gasteiger partial charge < -0.3 is 9.32 Å². The van der Waals surface area contributed by atoms with Crippen LogP contribution in [0.3, 0.4) is 0 Å². The first kappa shape index (κ1) is 32.3. The van der Waals surface area contributed by atoms with Gasteiger partial charge in [-0.05, 0) is 80.9 Å². The number of furan rings is 1. The highest BCUT2D eigenvalue weighted by Gasteiger charge is 2.43. The molecule has 7 aromatic carbocycles. The molecule has 2 aliphatic carbocycles. The Hall–Kier alpha value is -6.38. The molecular formula is C52H41NO. The molecule has 1 heterocycles. The maximum Gasteiger partial charge on any atom is 0.142 e. The molecule has 0 bridgehead atoms. The summed E-state index contributed by atoms with van der Waals surface area (Å²) in [6.45, 7) is 9.42. The number of rotatable bonds is 6. The lowest BCUT2D eigenvalue weighted by molar-refractivity contribution is 0.575. The molecule has 0 saturated carbocycles. The first-order chi connectivity index (χ1) is 26.3. The van der Waals surface area contributed by atoms with Gasteiger partial charge in [-0.1, -0.05) is 167 Å². The van der Waals surface area contributed by atoms with Gasteiger partial charge in [0.1, 0.15) is 11.5 Å². The maximum absolute atomic E-state index is 6.89. The van der Waals surface area contributed by atoms with E-state index < -0.39 is 0 Å². The Kier molecular flexibility index (Phi) is 7.22. The van der Waals surface area contributed by atoms with E-state index in [0.717, 1.165) is 39.7 Å². The summed E-state index contributed by atoms with van der Waals surface area (Å²) in [5, 5.41) is 0. The minimum absolute atomic E-state index is 0.108. The van der Waals surface area contributed by atoms with Crippen LogP contribution >= 0.6 is 0 Å². The summed E-state index contributed by atoms with van der Waals surface area (Å²) >= 11 is 0. The molecule has 2 heteroatoms. The topological polar surface area (TPSA) is 16.4 Å². The van der Waals surface area contributed by atoms with Crippen molar-refractivity contribution < 1.29 is 4.42 Å². The normalized spacial score (nSPS) is 14.2. The highest BCUT2D eigenvalue weighted by Crippen LogP contribution is 2.58. The number of nitrogens with zero attached hydrogens (tertiary/aromatic N) is 1. The van der Waals surface area contributed by atoms with Crippen LogP contribution in [0.15, 0.2) is 180 Å². The van der Waals surface area contributed by atoms with Gasteiger partial charge in [-0.15, -0.1) is 0 Å². The monoisotopic (exact) mass is 695 g/mol. The summed E-state index contributed by atoms with van der Waals surface area (Å²) in [6, 6.07) is 63.8. The fourth-order valence-corrected chi connectivity index (χ4v) is 9.12. The minimum Gasteiger partial charge on any atom is -0.455 e. The third kappa shape index (κ3) is 4.87. The van der Waals surface area contributed by atoms with Crippen molar-refractivity contribution in [3.8, 4) is 56.0 Å². The van der Waals surface area contributed by atoms with Gasteiger partial charge in [-0.2, -0.15) is 0 Å². The van der Waals surface area contributed by atoms with Crippen LogP contribution in [0.25, 0.3) is 56.0 Å². The molecule has 0 unspecified atom stereocenters. The Morgan fingerprint density at radius 2 is 0.833 bits per heavy atom. The van der Waals surface area contributed by atoms with Crippen LogP contribution in [0.5, 0.6) is 0 Å². The van der Waals surface area contributed by atoms with Gasteiger partial charge in [0.2, 0.25) is 0 Å². The lowest BCUT2D eigenvalue weighted by atomic mass is 9.81. The number of anilines is 3. The van der Waals surface area contributed by atoms with Crippen LogP contribution in [-0.2, 0) is 10.8 Å². The average molecular weight is 696 g/mol. The molecule has 2 nitrogen and oxygen atoms in total. The molecule has 8 aromatic rings. The summed E-state index contributed by atoms with van der Waals surface area (Å²) in [5.41, 5.74) is 17.9. The van der Waals surface area contributed by atoms with E-state index >= 15 is 0 Å². The summed E-state index contributed by atoms with van der Waals surface area (Å²) in [5.74, 6) is 1.87. The van der Waals surface area contributed by atoms with Crippen LogP contribution in [0.1, 0.15) is 49.9 Å². The first-order valence-corrected chi connectivity index (χ1v) is 18.9. The van der Waals surface area contributed by atoms with Crippen molar-refractivity contribution in [2.24, 2.45) is 0 Å². The molecule has 0 radical (unpaired) electrons. The predicted molar refractivity (Wildman–Crippen MR) is 225 cm³/mol. The van der Waals surface area contributed by atoms with Gasteiger partial charge in [0.25, 0.3) is 0 Å². The summed E-state index contributed by atoms with van der Waals surface area (Å²) in [7, 11) is 0. The van der Waals surface area contributed by atoms with E-state index in [1.54, 1.807) is 0 Å². The Morgan fingerprint density at radius 3 is 1.46 bits per heavy atom. The van der Waals surface area contributed by atoms with E-state index in [0.29, 0.717) is 0 Å². The van der Waals surface area contributed by atoms with E-state index in [-0.39, 0.29) is 10.8 Å². The van der Waals surface area contributed by atoms with Crippen LogP contribution < -0.4 is 4.90 Å². The van der Waals surface area contributed by atoms with E-state index in [9.17, 15) is 0 Å². The Morgan fingerprint density at radius 1 is 0.370 bits per heavy atom. The van der Waals surface area contributed by atoms with Crippen molar-refractivity contribution in [1.29, 1.82) is 0 Å². The zero-order valence-electron chi connectivity index (χ0n) is 31.1. The molecular weight excluding hydrogens is 655 g/mol. The first-order valence-electron chi connectivity index (χ1n) is 18.9. The quantitative estimate of drug-likeness (QED) is 0.172. The van der Waals surface area contributed by atoms with Gasteiger partial charge in [0.05, 0.1) is 0 Å². The molecule has 0 fully saturated rings. The van der Waals surface area contributed by atoms with Gasteiger partial charge in [0, 0.05) is 50.1 Å². The van der Waals surface area contributed by atoms with Crippen molar-refractivity contribution in [1.82, 2.24) is 0 Å². The fraction of sp³-hybridized carbons (Fsp3) is 0.115. The lowest BCUT2D eigenvalue weighted by Gasteiger charge is -2.30. The molecule has 0 spiro atoms. The second-order valence-electron chi connectivity index (χ2n) is 15.7. The third-order valence-electron chi connectivity index (χ3n) is 11.9. The van der Waals surface area contributed by atoms with E-state index in [2.05, 4.69) is 209 Å². The molecule has 54 heavy (non-hydrogen) atoms. The molecule has 10 rings (SSSR count). The van der Waals surface area contributed by atoms with E-state index in [4.69, 9.17) is 4.42 Å². The van der Waals surface area contributed by atoms with Crippen molar-refractivity contribution in [3.05, 3.63) is 198 Å². The standard InChI is InChI=1S/C52H41NO/c1-51(2)44-23-15-14-22-41(44)42-30-28-39(32-45(42)51)53(38-26-24-35(25-27-38)34-16-8-5-9-17-34)40-29-31-43-46(33-40)52(3,4)48-47(43)49(36-18-10-6-11-19-36)54-50(48)37-20-12-7-13-21-37/h5-33H,1-4H3. The van der Waals surface area contributed by atoms with Gasteiger partial charge in [-0.3, -0.25) is 0 Å². The molecule has 1 aromatic heterocycles. The largest absolute Gasteiger partial charge is 0.455 e. The highest BCUT2D eigenvalue weighted by molar-refractivity contribution is 5.96. The summed E-state index contributed by atoms with van der Waals surface area (Å²) < 4.78 is 6.89. The lowest BCUT2D eigenvalue weighted by Crippen LogP contribution is -2.18. The number of fused-ring (bicyclic) bond motifs is 6. The molecule has 0 N–H and O–H groups in total. The van der Waals surface area contributed by atoms with Crippen molar-refractivity contribution in [2.45, 2.75) is 38.5 Å². The molecule has 0 atom stereocenters. The molecule has 0 saturated heterocycles. The van der Waals surface area contributed by atoms with Gasteiger partial charge >= 0.3 is 0 Å². The van der Waals surface area contributed by atoms with Crippen LogP contribution in [-0.4, -0.2) is 0 Å². The molecule has 0 aliphatic heterocycles. The summed E-state index contributed by atoms with van der Waals surface area (Å²) in [6.07, 6.45) is 0. The zero-order valence-corrected chi connectivity index (χ0v) is 31.1. The summed E-state index contributed by atoms with van der Waals surface area (Å²) in [4.78, 5) is 2.44. The van der Waals surface area contributed by atoms with Gasteiger partial charge in [-0.25, -0.2) is 0 Å². The fourth-order valence-electron chi connectivity index (χ4n) is 9.12. The van der Waals surface area contributed by atoms with Crippen LogP contribution in [0.2, 0.25) is 0 Å². The number of benzene rings is 7. The highest BCUT2D eigenvalue weighted by atomic mass is 16.3. The van der Waals surface area contributed by atoms with Crippen LogP contribution in [0, 0.1) is 0 Å². The van der Waals surface area contributed by atoms with Crippen molar-refractivity contribution in [2.75, 3.05) is 4.90 Å². The molecule has 0 amide bonds. The average Bonchev–Trinajstić information content (AvgIpc) is 3.81. The van der Waals surface area contributed by atoms with E-state index in [1.807, 2.05) is 0 Å². The Bertz CT molecular complexity index is 2680. The second kappa shape index (κ2) is 12.1. The second-order valence-corrected chi connectivity index (χ2v) is 15.7. The van der Waals surface area contributed by atoms with Crippen LogP contribution in [0.4, 0.5) is 17.1 Å². The zero-order chi connectivity index (χ0) is 36.6. The Labute approximate surface area is 318 Å². The predicted octanol–water partition coefficient (Wildman–Crippen LogP) is 14.4. The smallest absolute Gasteiger partial charge is 0.142 e. The molecule has 260 valence electrons. The minimum atomic E-state index is -0.313. The Balaban J connectivity index is 1.16. The van der Waals surface area contributed by atoms with Gasteiger partial charge in [0.15, 0.2) is 0 Å². The van der Waals surface area contributed by atoms with Crippen molar-refractivity contribution >= 4 is 17.1 Å². The number of hydrogen-bond acceptors (Lipinski definition) is 2.